The van der Waals surface area contributed by atoms with Crippen LogP contribution in [0.3, 0.4) is 0 Å². The Morgan fingerprint density at radius 1 is 0.962 bits per heavy atom. The van der Waals surface area contributed by atoms with Crippen LogP contribution in [0.2, 0.25) is 5.02 Å². The fraction of sp³-hybridized carbons (Fsp3) is 0.667. The van der Waals surface area contributed by atoms with Gasteiger partial charge in [0, 0.05) is 0 Å². The molecule has 1 aromatic carbocycles. The van der Waals surface area contributed by atoms with E-state index in [1.165, 1.54) is 70.6 Å². The Labute approximate surface area is 164 Å². The molecule has 2 fully saturated rings. The first kappa shape index (κ1) is 19.9. The minimum absolute atomic E-state index is 0.238. The molecule has 3 rings (SSSR count). The zero-order valence-electron chi connectivity index (χ0n) is 16.2. The van der Waals surface area contributed by atoms with Crippen molar-refractivity contribution in [2.24, 2.45) is 17.8 Å². The lowest BCUT2D eigenvalue weighted by Gasteiger charge is -2.31. The minimum atomic E-state index is -0.268. The van der Waals surface area contributed by atoms with E-state index in [2.05, 4.69) is 19.1 Å². The molecular formula is C24H34ClF. The quantitative estimate of drug-likeness (QED) is 0.438. The molecule has 0 aliphatic heterocycles. The monoisotopic (exact) mass is 376 g/mol. The normalized spacial score (nSPS) is 30.0. The van der Waals surface area contributed by atoms with Crippen molar-refractivity contribution in [2.45, 2.75) is 83.5 Å². The number of hydrogen-bond acceptors (Lipinski definition) is 0. The van der Waals surface area contributed by atoms with Crippen molar-refractivity contribution >= 4 is 11.6 Å². The third-order valence-electron chi connectivity index (χ3n) is 6.78. The molecule has 0 N–H and O–H groups in total. The van der Waals surface area contributed by atoms with E-state index in [9.17, 15) is 4.39 Å². The Kier molecular flexibility index (Phi) is 7.61. The molecule has 0 nitrogen and oxygen atoms in total. The van der Waals surface area contributed by atoms with Crippen LogP contribution in [0.4, 0.5) is 4.39 Å². The van der Waals surface area contributed by atoms with Crippen molar-refractivity contribution in [2.75, 3.05) is 0 Å². The van der Waals surface area contributed by atoms with Crippen LogP contribution in [0.1, 0.15) is 89.0 Å². The van der Waals surface area contributed by atoms with Crippen molar-refractivity contribution in [3.8, 4) is 0 Å². The molecule has 0 radical (unpaired) electrons. The van der Waals surface area contributed by atoms with Gasteiger partial charge in [-0.1, -0.05) is 49.6 Å². The van der Waals surface area contributed by atoms with Crippen LogP contribution in [0.15, 0.2) is 30.4 Å². The molecule has 0 spiro atoms. The molecule has 2 heteroatoms. The van der Waals surface area contributed by atoms with E-state index in [1.54, 1.807) is 12.1 Å². The predicted molar refractivity (Wildman–Crippen MR) is 110 cm³/mol. The maximum absolute atomic E-state index is 13.7. The van der Waals surface area contributed by atoms with E-state index in [4.69, 9.17) is 11.6 Å². The van der Waals surface area contributed by atoms with Gasteiger partial charge in [0.1, 0.15) is 5.82 Å². The van der Waals surface area contributed by atoms with Gasteiger partial charge in [0.05, 0.1) is 5.02 Å². The number of hydrogen-bond donors (Lipinski definition) is 0. The Morgan fingerprint density at radius 3 is 2.15 bits per heavy atom. The topological polar surface area (TPSA) is 0 Å². The summed E-state index contributed by atoms with van der Waals surface area (Å²) in [5, 5.41) is 0.238. The third-order valence-corrected chi connectivity index (χ3v) is 7.09. The number of benzene rings is 1. The lowest BCUT2D eigenvalue weighted by atomic mass is 9.74. The van der Waals surface area contributed by atoms with E-state index in [-0.39, 0.29) is 10.8 Å². The predicted octanol–water partition coefficient (Wildman–Crippen LogP) is 8.31. The first-order chi connectivity index (χ1) is 12.7. The van der Waals surface area contributed by atoms with Gasteiger partial charge in [0.2, 0.25) is 0 Å². The van der Waals surface area contributed by atoms with E-state index in [0.29, 0.717) is 5.92 Å². The highest BCUT2D eigenvalue weighted by Crippen LogP contribution is 2.40. The highest BCUT2D eigenvalue weighted by molar-refractivity contribution is 6.30. The van der Waals surface area contributed by atoms with Crippen molar-refractivity contribution < 1.29 is 4.39 Å². The summed E-state index contributed by atoms with van der Waals surface area (Å²) in [4.78, 5) is 0. The summed E-state index contributed by atoms with van der Waals surface area (Å²) < 4.78 is 13.7. The van der Waals surface area contributed by atoms with Crippen LogP contribution >= 0.6 is 11.6 Å². The second-order valence-electron chi connectivity index (χ2n) is 8.59. The second-order valence-corrected chi connectivity index (χ2v) is 8.99. The molecule has 0 heterocycles. The lowest BCUT2D eigenvalue weighted by molar-refractivity contribution is 0.246. The molecule has 26 heavy (non-hydrogen) atoms. The van der Waals surface area contributed by atoms with Gasteiger partial charge in [-0.05, 0) is 99.2 Å². The lowest BCUT2D eigenvalue weighted by Crippen LogP contribution is -2.17. The zero-order chi connectivity index (χ0) is 18.4. The van der Waals surface area contributed by atoms with E-state index >= 15 is 0 Å². The summed E-state index contributed by atoms with van der Waals surface area (Å²) in [6, 6.07) is 5.38. The fourth-order valence-electron chi connectivity index (χ4n) is 5.02. The first-order valence-electron chi connectivity index (χ1n) is 10.8. The van der Waals surface area contributed by atoms with E-state index in [0.717, 1.165) is 23.3 Å². The average Bonchev–Trinajstić information content (AvgIpc) is 2.68. The van der Waals surface area contributed by atoms with Crippen LogP contribution in [-0.4, -0.2) is 0 Å². The van der Waals surface area contributed by atoms with E-state index < -0.39 is 0 Å². The molecule has 1 aromatic rings. The molecule has 0 unspecified atom stereocenters. The average molecular weight is 377 g/mol. The number of halogens is 2. The van der Waals surface area contributed by atoms with Crippen molar-refractivity contribution in [3.05, 3.63) is 46.8 Å². The van der Waals surface area contributed by atoms with Crippen LogP contribution in [-0.2, 0) is 0 Å². The van der Waals surface area contributed by atoms with Crippen LogP contribution in [0.5, 0.6) is 0 Å². The molecule has 2 saturated carbocycles. The standard InChI is InChI=1S/C24H34ClF/c1-2-3-4-18-5-7-19(8-6-18)9-10-20-11-13-21(14-12-20)22-15-16-23(25)24(26)17-22/h3-4,15-21H,2,5-14H2,1H3/b4-3+/t18-,19-,20-,21-. The Bertz CT molecular complexity index is 578. The molecule has 2 aliphatic carbocycles. The molecule has 2 aliphatic rings. The molecule has 0 bridgehead atoms. The summed E-state index contributed by atoms with van der Waals surface area (Å²) in [7, 11) is 0. The van der Waals surface area contributed by atoms with Crippen molar-refractivity contribution in [1.82, 2.24) is 0 Å². The molecule has 0 amide bonds. The number of rotatable bonds is 6. The van der Waals surface area contributed by atoms with Crippen LogP contribution < -0.4 is 0 Å². The maximum atomic E-state index is 13.7. The van der Waals surface area contributed by atoms with Gasteiger partial charge in [0.25, 0.3) is 0 Å². The first-order valence-corrected chi connectivity index (χ1v) is 11.1. The largest absolute Gasteiger partial charge is 0.205 e. The maximum Gasteiger partial charge on any atom is 0.142 e. The SMILES string of the molecule is CC/C=C/[C@H]1CC[C@H](CC[C@H]2CC[C@H](c3ccc(Cl)c(F)c3)CC2)CC1. The van der Waals surface area contributed by atoms with Crippen molar-refractivity contribution in [3.63, 3.8) is 0 Å². The van der Waals surface area contributed by atoms with Gasteiger partial charge in [0.15, 0.2) is 0 Å². The second kappa shape index (κ2) is 9.93. The van der Waals surface area contributed by atoms with Gasteiger partial charge in [-0.3, -0.25) is 0 Å². The molecule has 144 valence electrons. The van der Waals surface area contributed by atoms with E-state index in [1.807, 2.05) is 6.07 Å². The van der Waals surface area contributed by atoms with Gasteiger partial charge < -0.3 is 0 Å². The Balaban J connectivity index is 1.37. The minimum Gasteiger partial charge on any atom is -0.205 e. The summed E-state index contributed by atoms with van der Waals surface area (Å²) in [6.07, 6.45) is 19.5. The van der Waals surface area contributed by atoms with Gasteiger partial charge in [-0.2, -0.15) is 0 Å². The van der Waals surface area contributed by atoms with Gasteiger partial charge in [-0.15, -0.1) is 0 Å². The van der Waals surface area contributed by atoms with Crippen molar-refractivity contribution in [1.29, 1.82) is 0 Å². The Morgan fingerprint density at radius 2 is 1.58 bits per heavy atom. The molecule has 0 atom stereocenters. The molecule has 0 aromatic heterocycles. The molecule has 0 saturated heterocycles. The number of allylic oxidation sites excluding steroid dienone is 2. The highest BCUT2D eigenvalue weighted by atomic mass is 35.5. The zero-order valence-corrected chi connectivity index (χ0v) is 17.0. The Hall–Kier alpha value is -0.820. The summed E-state index contributed by atoms with van der Waals surface area (Å²) in [5.41, 5.74) is 1.14. The third kappa shape index (κ3) is 5.59. The summed E-state index contributed by atoms with van der Waals surface area (Å²) >= 11 is 5.81. The smallest absolute Gasteiger partial charge is 0.142 e. The van der Waals surface area contributed by atoms with Crippen LogP contribution in [0, 0.1) is 23.6 Å². The molecular weight excluding hydrogens is 343 g/mol. The fourth-order valence-corrected chi connectivity index (χ4v) is 5.14. The van der Waals surface area contributed by atoms with Crippen LogP contribution in [0.25, 0.3) is 0 Å². The summed E-state index contributed by atoms with van der Waals surface area (Å²) in [6.45, 7) is 2.22. The summed E-state index contributed by atoms with van der Waals surface area (Å²) in [5.74, 6) is 2.96. The van der Waals surface area contributed by atoms with Gasteiger partial charge in [-0.25, -0.2) is 4.39 Å². The highest BCUT2D eigenvalue weighted by Gasteiger charge is 2.25. The van der Waals surface area contributed by atoms with Gasteiger partial charge >= 0.3 is 0 Å².